The molecule has 0 aliphatic carbocycles. The molecule has 0 fully saturated rings. The molecular weight excluding hydrogens is 272 g/mol. The van der Waals surface area contributed by atoms with Crippen molar-refractivity contribution in [3.63, 3.8) is 0 Å². The maximum Gasteiger partial charge on any atom is 0.346 e. The molecule has 118 valence electrons. The lowest BCUT2D eigenvalue weighted by atomic mass is 10.1. The Hall–Kier alpha value is -1.67. The zero-order valence-electron chi connectivity index (χ0n) is 13.2. The molecule has 2 rings (SSSR count). The number of aromatic nitrogens is 3. The molecule has 2 N–H and O–H groups in total. The topological polar surface area (TPSA) is 89.4 Å². The second-order valence-corrected chi connectivity index (χ2v) is 6.50. The smallest absolute Gasteiger partial charge is 0.346 e. The van der Waals surface area contributed by atoms with Gasteiger partial charge in [-0.2, -0.15) is 5.10 Å². The molecular formula is C13H24N6O2. The van der Waals surface area contributed by atoms with Gasteiger partial charge in [-0.3, -0.25) is 14.3 Å². The molecule has 1 aromatic rings. The zero-order chi connectivity index (χ0) is 15.8. The minimum absolute atomic E-state index is 0.0196. The van der Waals surface area contributed by atoms with Crippen LogP contribution in [0.1, 0.15) is 19.7 Å². The Morgan fingerprint density at radius 2 is 2.05 bits per heavy atom. The van der Waals surface area contributed by atoms with Crippen molar-refractivity contribution in [1.29, 1.82) is 0 Å². The van der Waals surface area contributed by atoms with E-state index in [-0.39, 0.29) is 23.7 Å². The molecule has 0 spiro atoms. The van der Waals surface area contributed by atoms with E-state index >= 15 is 0 Å². The van der Waals surface area contributed by atoms with Crippen LogP contribution in [0, 0.1) is 0 Å². The summed E-state index contributed by atoms with van der Waals surface area (Å²) in [5.74, 6) is 0.551. The van der Waals surface area contributed by atoms with Gasteiger partial charge in [0, 0.05) is 39.3 Å². The van der Waals surface area contributed by atoms with Crippen molar-refractivity contribution in [3.8, 4) is 0 Å². The number of carbonyl (C=O) groups is 1. The van der Waals surface area contributed by atoms with Crippen LogP contribution in [0.4, 0.5) is 0 Å². The number of carbonyl (C=O) groups excluding carboxylic acids is 1. The van der Waals surface area contributed by atoms with Crippen LogP contribution >= 0.6 is 0 Å². The van der Waals surface area contributed by atoms with Crippen LogP contribution in [0.15, 0.2) is 4.79 Å². The number of rotatable bonds is 4. The minimum Gasteiger partial charge on any atom is -0.347 e. The Balaban J connectivity index is 2.15. The van der Waals surface area contributed by atoms with Crippen LogP contribution in [0.2, 0.25) is 0 Å². The van der Waals surface area contributed by atoms with E-state index in [4.69, 9.17) is 5.73 Å². The lowest BCUT2D eigenvalue weighted by Gasteiger charge is -2.32. The molecule has 0 aromatic carbocycles. The highest BCUT2D eigenvalue weighted by atomic mass is 16.2. The second kappa shape index (κ2) is 5.61. The zero-order valence-corrected chi connectivity index (χ0v) is 13.2. The molecule has 0 atom stereocenters. The van der Waals surface area contributed by atoms with Crippen LogP contribution in [0.25, 0.3) is 0 Å². The van der Waals surface area contributed by atoms with E-state index in [9.17, 15) is 9.59 Å². The fourth-order valence-corrected chi connectivity index (χ4v) is 2.43. The van der Waals surface area contributed by atoms with Crippen molar-refractivity contribution in [1.82, 2.24) is 24.1 Å². The molecule has 8 nitrogen and oxygen atoms in total. The number of amides is 1. The first kappa shape index (κ1) is 15.7. The monoisotopic (exact) mass is 296 g/mol. The van der Waals surface area contributed by atoms with Gasteiger partial charge in [0.25, 0.3) is 0 Å². The van der Waals surface area contributed by atoms with E-state index < -0.39 is 0 Å². The first-order valence-electron chi connectivity index (χ1n) is 7.05. The second-order valence-electron chi connectivity index (χ2n) is 6.50. The highest BCUT2D eigenvalue weighted by molar-refractivity contribution is 5.75. The van der Waals surface area contributed by atoms with E-state index in [2.05, 4.69) is 10.00 Å². The molecule has 0 unspecified atom stereocenters. The third-order valence-corrected chi connectivity index (χ3v) is 3.42. The van der Waals surface area contributed by atoms with Crippen LogP contribution in [0.5, 0.6) is 0 Å². The first-order chi connectivity index (χ1) is 9.67. The largest absolute Gasteiger partial charge is 0.347 e. The van der Waals surface area contributed by atoms with Crippen LogP contribution < -0.4 is 11.4 Å². The molecule has 0 radical (unpaired) electrons. The van der Waals surface area contributed by atoms with E-state index in [1.165, 1.54) is 9.58 Å². The molecule has 2 heterocycles. The molecule has 8 heteroatoms. The quantitative estimate of drug-likeness (QED) is 0.745. The van der Waals surface area contributed by atoms with Crippen molar-refractivity contribution in [2.24, 2.45) is 5.73 Å². The number of hydrogen-bond acceptors (Lipinski definition) is 5. The minimum atomic E-state index is -0.286. The SMILES string of the molecule is CN(C)C(=O)Cn1nc2n(c1=O)CCN(CC(C)(C)N)C2. The third kappa shape index (κ3) is 3.70. The average molecular weight is 296 g/mol. The number of hydrogen-bond donors (Lipinski definition) is 1. The van der Waals surface area contributed by atoms with Gasteiger partial charge >= 0.3 is 5.69 Å². The predicted molar refractivity (Wildman–Crippen MR) is 78.7 cm³/mol. The lowest BCUT2D eigenvalue weighted by Crippen LogP contribution is -2.48. The van der Waals surface area contributed by atoms with Crippen LogP contribution in [0.3, 0.4) is 0 Å². The Bertz CT molecular complexity index is 580. The maximum absolute atomic E-state index is 12.2. The summed E-state index contributed by atoms with van der Waals surface area (Å²) in [5.41, 5.74) is 5.53. The van der Waals surface area contributed by atoms with E-state index in [1.54, 1.807) is 18.7 Å². The van der Waals surface area contributed by atoms with E-state index in [1.807, 2.05) is 13.8 Å². The predicted octanol–water partition coefficient (Wildman–Crippen LogP) is -1.31. The highest BCUT2D eigenvalue weighted by Crippen LogP contribution is 2.11. The van der Waals surface area contributed by atoms with Gasteiger partial charge in [0.2, 0.25) is 5.91 Å². The number of likely N-dealkylation sites (N-methyl/N-ethyl adjacent to an activating group) is 1. The van der Waals surface area contributed by atoms with Crippen molar-refractivity contribution in [3.05, 3.63) is 16.3 Å². The molecule has 0 bridgehead atoms. The lowest BCUT2D eigenvalue weighted by molar-refractivity contribution is -0.129. The molecule has 1 aliphatic heterocycles. The summed E-state index contributed by atoms with van der Waals surface area (Å²) < 4.78 is 2.89. The summed E-state index contributed by atoms with van der Waals surface area (Å²) in [6.07, 6.45) is 0. The maximum atomic E-state index is 12.2. The number of nitrogens with two attached hydrogens (primary N) is 1. The summed E-state index contributed by atoms with van der Waals surface area (Å²) in [6, 6.07) is 0. The standard InChI is InChI=1S/C13H24N6O2/c1-13(2,14)9-17-5-6-18-10(7-17)15-19(12(18)21)8-11(20)16(3)4/h5-9,14H2,1-4H3. The van der Waals surface area contributed by atoms with E-state index in [0.717, 1.165) is 13.1 Å². The summed E-state index contributed by atoms with van der Waals surface area (Å²) in [4.78, 5) is 27.6. The Kier molecular flexibility index (Phi) is 4.20. The summed E-state index contributed by atoms with van der Waals surface area (Å²) >= 11 is 0. The molecule has 1 amide bonds. The van der Waals surface area contributed by atoms with Gasteiger partial charge in [0.1, 0.15) is 12.4 Å². The van der Waals surface area contributed by atoms with Gasteiger partial charge in [-0.05, 0) is 13.8 Å². The summed E-state index contributed by atoms with van der Waals surface area (Å²) in [5, 5.41) is 4.29. The van der Waals surface area contributed by atoms with Gasteiger partial charge in [-0.15, -0.1) is 0 Å². The Morgan fingerprint density at radius 3 is 2.62 bits per heavy atom. The molecule has 1 aromatic heterocycles. The summed E-state index contributed by atoms with van der Waals surface area (Å²) in [6.45, 7) is 6.60. The van der Waals surface area contributed by atoms with Crippen LogP contribution in [-0.2, 0) is 24.4 Å². The first-order valence-corrected chi connectivity index (χ1v) is 7.05. The van der Waals surface area contributed by atoms with Gasteiger partial charge in [0.05, 0.1) is 6.54 Å². The fraction of sp³-hybridized carbons (Fsp3) is 0.769. The highest BCUT2D eigenvalue weighted by Gasteiger charge is 2.25. The average Bonchev–Trinajstić information content (AvgIpc) is 2.63. The number of nitrogens with zero attached hydrogens (tertiary/aromatic N) is 5. The number of fused-ring (bicyclic) bond motifs is 1. The third-order valence-electron chi connectivity index (χ3n) is 3.42. The Labute approximate surface area is 124 Å². The van der Waals surface area contributed by atoms with Gasteiger partial charge < -0.3 is 10.6 Å². The van der Waals surface area contributed by atoms with Crippen LogP contribution in [-0.4, -0.2) is 62.8 Å². The van der Waals surface area contributed by atoms with Gasteiger partial charge in [-0.25, -0.2) is 9.48 Å². The van der Waals surface area contributed by atoms with Crippen molar-refractivity contribution in [2.75, 3.05) is 27.2 Å². The molecule has 1 aliphatic rings. The normalized spacial score (nSPS) is 15.9. The van der Waals surface area contributed by atoms with Crippen molar-refractivity contribution >= 4 is 5.91 Å². The van der Waals surface area contributed by atoms with E-state index in [0.29, 0.717) is 18.9 Å². The van der Waals surface area contributed by atoms with Crippen molar-refractivity contribution < 1.29 is 4.79 Å². The summed E-state index contributed by atoms with van der Waals surface area (Å²) in [7, 11) is 3.32. The van der Waals surface area contributed by atoms with Gasteiger partial charge in [-0.1, -0.05) is 0 Å². The molecule has 21 heavy (non-hydrogen) atoms. The fourth-order valence-electron chi connectivity index (χ4n) is 2.43. The molecule has 0 saturated heterocycles. The Morgan fingerprint density at radius 1 is 1.38 bits per heavy atom. The molecule has 0 saturated carbocycles. The van der Waals surface area contributed by atoms with Gasteiger partial charge in [0.15, 0.2) is 0 Å². The van der Waals surface area contributed by atoms with Crippen molar-refractivity contribution in [2.45, 2.75) is 39.0 Å².